The van der Waals surface area contributed by atoms with E-state index < -0.39 is 0 Å². The molecule has 2 aromatic rings. The SMILES string of the molecule is CCCCC(=O)Nc1ccc(NCCc2cccc(OC)c2)nn1. The second-order valence-electron chi connectivity index (χ2n) is 5.48. The fraction of sp³-hybridized carbons (Fsp3) is 0.389. The van der Waals surface area contributed by atoms with Crippen LogP contribution in [0.2, 0.25) is 0 Å². The van der Waals surface area contributed by atoms with Crippen molar-refractivity contribution in [3.63, 3.8) is 0 Å². The minimum Gasteiger partial charge on any atom is -0.497 e. The molecule has 1 heterocycles. The number of nitrogens with zero attached hydrogens (tertiary/aromatic N) is 2. The van der Waals surface area contributed by atoms with E-state index in [1.54, 1.807) is 13.2 Å². The molecule has 1 amide bonds. The summed E-state index contributed by atoms with van der Waals surface area (Å²) in [4.78, 5) is 11.6. The summed E-state index contributed by atoms with van der Waals surface area (Å²) < 4.78 is 5.21. The molecule has 0 saturated carbocycles. The lowest BCUT2D eigenvalue weighted by Crippen LogP contribution is -2.13. The summed E-state index contributed by atoms with van der Waals surface area (Å²) >= 11 is 0. The van der Waals surface area contributed by atoms with Crippen molar-refractivity contribution in [2.75, 3.05) is 24.3 Å². The Morgan fingerprint density at radius 2 is 1.96 bits per heavy atom. The Bertz CT molecular complexity index is 644. The fourth-order valence-electron chi connectivity index (χ4n) is 2.20. The van der Waals surface area contributed by atoms with Crippen LogP contribution in [0.1, 0.15) is 31.7 Å². The number of unbranched alkanes of at least 4 members (excludes halogenated alkanes) is 1. The van der Waals surface area contributed by atoms with Crippen LogP contribution in [0, 0.1) is 0 Å². The topological polar surface area (TPSA) is 76.1 Å². The number of aromatic nitrogens is 2. The molecule has 1 aromatic heterocycles. The molecule has 0 unspecified atom stereocenters. The average molecular weight is 328 g/mol. The van der Waals surface area contributed by atoms with Gasteiger partial charge in [0, 0.05) is 13.0 Å². The third-order valence-corrected chi connectivity index (χ3v) is 3.54. The quantitative estimate of drug-likeness (QED) is 0.739. The summed E-state index contributed by atoms with van der Waals surface area (Å²) in [6, 6.07) is 11.5. The van der Waals surface area contributed by atoms with E-state index in [9.17, 15) is 4.79 Å². The Balaban J connectivity index is 1.78. The third-order valence-electron chi connectivity index (χ3n) is 3.54. The van der Waals surface area contributed by atoms with E-state index in [2.05, 4.69) is 33.8 Å². The van der Waals surface area contributed by atoms with Crippen LogP contribution < -0.4 is 15.4 Å². The van der Waals surface area contributed by atoms with E-state index in [1.165, 1.54) is 5.56 Å². The average Bonchev–Trinajstić information content (AvgIpc) is 2.61. The molecule has 0 aliphatic carbocycles. The summed E-state index contributed by atoms with van der Waals surface area (Å²) in [7, 11) is 1.66. The van der Waals surface area contributed by atoms with Gasteiger partial charge in [0.1, 0.15) is 11.6 Å². The van der Waals surface area contributed by atoms with E-state index in [4.69, 9.17) is 4.74 Å². The van der Waals surface area contributed by atoms with Gasteiger partial charge in [0.25, 0.3) is 0 Å². The molecule has 2 rings (SSSR count). The molecule has 1 aromatic carbocycles. The zero-order valence-corrected chi connectivity index (χ0v) is 14.2. The molecular formula is C18H24N4O2. The summed E-state index contributed by atoms with van der Waals surface area (Å²) in [5.74, 6) is 2.00. The van der Waals surface area contributed by atoms with Crippen molar-refractivity contribution in [1.82, 2.24) is 10.2 Å². The Hall–Kier alpha value is -2.63. The first-order chi connectivity index (χ1) is 11.7. The number of amides is 1. The maximum atomic E-state index is 11.6. The highest BCUT2D eigenvalue weighted by Crippen LogP contribution is 2.13. The molecule has 0 aliphatic heterocycles. The minimum absolute atomic E-state index is 0.0233. The van der Waals surface area contributed by atoms with E-state index in [0.717, 1.165) is 31.6 Å². The molecule has 0 fully saturated rings. The molecular weight excluding hydrogens is 304 g/mol. The summed E-state index contributed by atoms with van der Waals surface area (Å²) in [6.07, 6.45) is 3.24. The zero-order valence-electron chi connectivity index (χ0n) is 14.2. The molecule has 24 heavy (non-hydrogen) atoms. The lowest BCUT2D eigenvalue weighted by atomic mass is 10.1. The van der Waals surface area contributed by atoms with Gasteiger partial charge in [-0.25, -0.2) is 0 Å². The van der Waals surface area contributed by atoms with Gasteiger partial charge in [-0.3, -0.25) is 4.79 Å². The Kier molecular flexibility index (Phi) is 7.01. The monoisotopic (exact) mass is 328 g/mol. The Morgan fingerprint density at radius 1 is 1.17 bits per heavy atom. The zero-order chi connectivity index (χ0) is 17.2. The molecule has 128 valence electrons. The van der Waals surface area contributed by atoms with Gasteiger partial charge in [-0.1, -0.05) is 25.5 Å². The van der Waals surface area contributed by atoms with Gasteiger partial charge in [0.2, 0.25) is 5.91 Å². The first-order valence-corrected chi connectivity index (χ1v) is 8.21. The first kappa shape index (κ1) is 17.7. The van der Waals surface area contributed by atoms with Crippen molar-refractivity contribution in [3.8, 4) is 5.75 Å². The van der Waals surface area contributed by atoms with Crippen molar-refractivity contribution in [3.05, 3.63) is 42.0 Å². The molecule has 6 heteroatoms. The summed E-state index contributed by atoms with van der Waals surface area (Å²) in [5.41, 5.74) is 1.19. The lowest BCUT2D eigenvalue weighted by molar-refractivity contribution is -0.116. The van der Waals surface area contributed by atoms with E-state index in [-0.39, 0.29) is 5.91 Å². The third kappa shape index (κ3) is 5.87. The molecule has 0 bridgehead atoms. The predicted molar refractivity (Wildman–Crippen MR) is 95.4 cm³/mol. The molecule has 2 N–H and O–H groups in total. The molecule has 0 radical (unpaired) electrons. The molecule has 0 saturated heterocycles. The van der Waals surface area contributed by atoms with E-state index >= 15 is 0 Å². The fourth-order valence-corrected chi connectivity index (χ4v) is 2.20. The van der Waals surface area contributed by atoms with Crippen LogP contribution in [0.4, 0.5) is 11.6 Å². The number of methoxy groups -OCH3 is 1. The maximum Gasteiger partial charge on any atom is 0.225 e. The normalized spacial score (nSPS) is 10.2. The van der Waals surface area contributed by atoms with Gasteiger partial charge < -0.3 is 15.4 Å². The van der Waals surface area contributed by atoms with Gasteiger partial charge in [-0.15, -0.1) is 10.2 Å². The summed E-state index contributed by atoms with van der Waals surface area (Å²) in [6.45, 7) is 2.79. The van der Waals surface area contributed by atoms with E-state index in [0.29, 0.717) is 18.1 Å². The van der Waals surface area contributed by atoms with Gasteiger partial charge in [-0.05, 0) is 42.7 Å². The molecule has 0 aliphatic rings. The van der Waals surface area contributed by atoms with Crippen LogP contribution in [-0.2, 0) is 11.2 Å². The van der Waals surface area contributed by atoms with E-state index in [1.807, 2.05) is 24.3 Å². The van der Waals surface area contributed by atoms with Gasteiger partial charge in [-0.2, -0.15) is 0 Å². The van der Waals surface area contributed by atoms with Crippen LogP contribution in [0.3, 0.4) is 0 Å². The number of carbonyl (C=O) groups is 1. The van der Waals surface area contributed by atoms with Crippen molar-refractivity contribution in [2.24, 2.45) is 0 Å². The van der Waals surface area contributed by atoms with Crippen LogP contribution in [-0.4, -0.2) is 29.8 Å². The first-order valence-electron chi connectivity index (χ1n) is 8.21. The predicted octanol–water partition coefficient (Wildman–Crippen LogP) is 3.27. The number of benzene rings is 1. The van der Waals surface area contributed by atoms with Crippen molar-refractivity contribution in [2.45, 2.75) is 32.6 Å². The highest BCUT2D eigenvalue weighted by molar-refractivity contribution is 5.89. The van der Waals surface area contributed by atoms with Crippen molar-refractivity contribution in [1.29, 1.82) is 0 Å². The maximum absolute atomic E-state index is 11.6. The largest absolute Gasteiger partial charge is 0.497 e. The standard InChI is InChI=1S/C18H24N4O2/c1-3-4-8-18(23)20-17-10-9-16(21-22-17)19-12-11-14-6-5-7-15(13-14)24-2/h5-7,9-10,13H,3-4,8,11-12H2,1-2H3,(H,19,21)(H,20,22,23). The molecule has 6 nitrogen and oxygen atoms in total. The number of ether oxygens (including phenoxy) is 1. The van der Waals surface area contributed by atoms with Gasteiger partial charge in [0.15, 0.2) is 5.82 Å². The lowest BCUT2D eigenvalue weighted by Gasteiger charge is -2.07. The van der Waals surface area contributed by atoms with Crippen molar-refractivity contribution >= 4 is 17.5 Å². The minimum atomic E-state index is -0.0233. The number of rotatable bonds is 9. The highest BCUT2D eigenvalue weighted by atomic mass is 16.5. The van der Waals surface area contributed by atoms with Crippen LogP contribution in [0.15, 0.2) is 36.4 Å². The Morgan fingerprint density at radius 3 is 2.67 bits per heavy atom. The number of hydrogen-bond acceptors (Lipinski definition) is 5. The molecule has 0 atom stereocenters. The smallest absolute Gasteiger partial charge is 0.225 e. The number of hydrogen-bond donors (Lipinski definition) is 2. The van der Waals surface area contributed by atoms with Crippen LogP contribution >= 0.6 is 0 Å². The van der Waals surface area contributed by atoms with Crippen LogP contribution in [0.25, 0.3) is 0 Å². The highest BCUT2D eigenvalue weighted by Gasteiger charge is 2.03. The second kappa shape index (κ2) is 9.50. The molecule has 0 spiro atoms. The Labute approximate surface area is 142 Å². The van der Waals surface area contributed by atoms with Crippen molar-refractivity contribution < 1.29 is 9.53 Å². The van der Waals surface area contributed by atoms with Gasteiger partial charge in [0.05, 0.1) is 7.11 Å². The van der Waals surface area contributed by atoms with Crippen LogP contribution in [0.5, 0.6) is 5.75 Å². The number of carbonyl (C=O) groups excluding carboxylic acids is 1. The second-order valence-corrected chi connectivity index (χ2v) is 5.48. The number of anilines is 2. The van der Waals surface area contributed by atoms with Gasteiger partial charge >= 0.3 is 0 Å². The summed E-state index contributed by atoms with van der Waals surface area (Å²) in [5, 5.41) is 14.1. The number of nitrogens with one attached hydrogen (secondary N) is 2.